The first kappa shape index (κ1) is 20.2. The van der Waals surface area contributed by atoms with E-state index < -0.39 is 12.1 Å². The zero-order valence-electron chi connectivity index (χ0n) is 17.4. The second kappa shape index (κ2) is 7.45. The maximum absolute atomic E-state index is 13.2. The van der Waals surface area contributed by atoms with Gasteiger partial charge in [0, 0.05) is 22.9 Å². The van der Waals surface area contributed by atoms with Gasteiger partial charge in [-0.1, -0.05) is 18.2 Å². The standard InChI is InChI=1S/C23H21N3O6/c1-2-31-16(27)8-7-11-12-5-3-4-6-15(12)25-19-13(11)9-26-20(19)18(24)17-14(22(26)29)10-32-23(30)21(17)28/h3-6,21,28H,2,7-10,24H2,1H3. The fourth-order valence-corrected chi connectivity index (χ4v) is 4.60. The van der Waals surface area contributed by atoms with Gasteiger partial charge in [0.15, 0.2) is 6.10 Å². The highest BCUT2D eigenvalue weighted by atomic mass is 16.5. The topological polar surface area (TPSA) is 134 Å². The van der Waals surface area contributed by atoms with Gasteiger partial charge in [0.25, 0.3) is 5.56 Å². The minimum atomic E-state index is -1.62. The molecular weight excluding hydrogens is 414 g/mol. The van der Waals surface area contributed by atoms with Crippen LogP contribution in [0.5, 0.6) is 0 Å². The molecule has 0 saturated carbocycles. The molecule has 2 aliphatic heterocycles. The van der Waals surface area contributed by atoms with E-state index in [1.54, 1.807) is 6.92 Å². The van der Waals surface area contributed by atoms with Gasteiger partial charge in [0.2, 0.25) is 0 Å². The number of cyclic esters (lactones) is 1. The molecule has 0 aliphatic carbocycles. The Morgan fingerprint density at radius 3 is 2.88 bits per heavy atom. The summed E-state index contributed by atoms with van der Waals surface area (Å²) in [6.07, 6.45) is -1.02. The number of nitrogen functional groups attached to an aromatic ring is 1. The van der Waals surface area contributed by atoms with Crippen LogP contribution in [0.15, 0.2) is 29.1 Å². The molecule has 0 amide bonds. The summed E-state index contributed by atoms with van der Waals surface area (Å²) in [5.41, 5.74) is 9.71. The number of pyridine rings is 2. The van der Waals surface area contributed by atoms with Crippen molar-refractivity contribution in [2.75, 3.05) is 12.3 Å². The molecule has 0 fully saturated rings. The van der Waals surface area contributed by atoms with Crippen LogP contribution in [0.4, 0.5) is 5.69 Å². The lowest BCUT2D eigenvalue weighted by atomic mass is 9.95. The number of hydrogen-bond acceptors (Lipinski definition) is 8. The van der Waals surface area contributed by atoms with Gasteiger partial charge in [-0.2, -0.15) is 0 Å². The van der Waals surface area contributed by atoms with Crippen LogP contribution >= 0.6 is 0 Å². The molecule has 0 radical (unpaired) electrons. The van der Waals surface area contributed by atoms with Crippen LogP contribution in [0.3, 0.4) is 0 Å². The van der Waals surface area contributed by atoms with Gasteiger partial charge in [-0.3, -0.25) is 9.59 Å². The first-order valence-electron chi connectivity index (χ1n) is 10.4. The molecule has 1 unspecified atom stereocenters. The summed E-state index contributed by atoms with van der Waals surface area (Å²) in [6.45, 7) is 2.05. The van der Waals surface area contributed by atoms with Crippen molar-refractivity contribution < 1.29 is 24.2 Å². The Balaban J connectivity index is 1.73. The number of rotatable bonds is 4. The predicted molar refractivity (Wildman–Crippen MR) is 115 cm³/mol. The number of carbonyl (C=O) groups excluding carboxylic acids is 2. The van der Waals surface area contributed by atoms with Crippen molar-refractivity contribution >= 4 is 28.5 Å². The molecule has 2 aromatic heterocycles. The van der Waals surface area contributed by atoms with Crippen LogP contribution in [-0.4, -0.2) is 33.2 Å². The molecule has 3 aromatic rings. The van der Waals surface area contributed by atoms with Crippen molar-refractivity contribution in [3.05, 3.63) is 56.9 Å². The van der Waals surface area contributed by atoms with E-state index in [9.17, 15) is 19.5 Å². The van der Waals surface area contributed by atoms with Crippen molar-refractivity contribution in [2.45, 2.75) is 39.0 Å². The zero-order valence-corrected chi connectivity index (χ0v) is 17.4. The van der Waals surface area contributed by atoms with Gasteiger partial charge in [-0.05, 0) is 25.0 Å². The Hall–Kier alpha value is -3.72. The first-order valence-corrected chi connectivity index (χ1v) is 10.4. The molecule has 4 heterocycles. The number of aliphatic hydroxyl groups excluding tert-OH is 1. The Labute approximate surface area is 182 Å². The van der Waals surface area contributed by atoms with E-state index in [-0.39, 0.29) is 47.9 Å². The van der Waals surface area contributed by atoms with Crippen LogP contribution < -0.4 is 11.3 Å². The van der Waals surface area contributed by atoms with Crippen LogP contribution in [0.1, 0.15) is 41.7 Å². The maximum atomic E-state index is 13.2. The monoisotopic (exact) mass is 435 g/mol. The number of ether oxygens (including phenoxy) is 2. The molecule has 0 bridgehead atoms. The fraction of sp³-hybridized carbons (Fsp3) is 0.304. The Kier molecular flexibility index (Phi) is 4.70. The molecular formula is C23H21N3O6. The van der Waals surface area contributed by atoms with Crippen molar-refractivity contribution in [1.82, 2.24) is 9.55 Å². The minimum Gasteiger partial charge on any atom is -0.466 e. The lowest BCUT2D eigenvalue weighted by Crippen LogP contribution is -2.33. The number of carbonyl (C=O) groups is 2. The number of benzene rings is 1. The fourth-order valence-electron chi connectivity index (χ4n) is 4.60. The number of nitrogens with zero attached hydrogens (tertiary/aromatic N) is 2. The number of esters is 2. The lowest BCUT2D eigenvalue weighted by Gasteiger charge is -2.23. The molecule has 3 N–H and O–H groups in total. The highest BCUT2D eigenvalue weighted by Crippen LogP contribution is 2.42. The number of anilines is 1. The number of nitrogens with two attached hydrogens (primary N) is 1. The average Bonchev–Trinajstić information content (AvgIpc) is 3.16. The lowest BCUT2D eigenvalue weighted by molar-refractivity contribution is -0.157. The number of aliphatic hydroxyl groups is 1. The molecule has 5 rings (SSSR count). The first-order chi connectivity index (χ1) is 15.4. The van der Waals surface area contributed by atoms with E-state index in [0.717, 1.165) is 16.5 Å². The highest BCUT2D eigenvalue weighted by molar-refractivity contribution is 5.92. The van der Waals surface area contributed by atoms with Crippen LogP contribution in [-0.2, 0) is 38.6 Å². The zero-order chi connectivity index (χ0) is 22.6. The predicted octanol–water partition coefficient (Wildman–Crippen LogP) is 1.59. The second-order valence-corrected chi connectivity index (χ2v) is 7.80. The minimum absolute atomic E-state index is 0.0911. The maximum Gasteiger partial charge on any atom is 0.340 e. The molecule has 1 atom stereocenters. The quantitative estimate of drug-likeness (QED) is 0.462. The third kappa shape index (κ3) is 2.89. The van der Waals surface area contributed by atoms with Gasteiger partial charge in [0.1, 0.15) is 6.61 Å². The SMILES string of the molecule is CCOC(=O)CCc1c2c(nc3ccccc13)-c1c(N)c3c(c(=O)n1C2)COC(=O)C3O. The Morgan fingerprint density at radius 1 is 1.31 bits per heavy atom. The third-order valence-electron chi connectivity index (χ3n) is 6.04. The van der Waals surface area contributed by atoms with Crippen LogP contribution in [0.2, 0.25) is 0 Å². The Bertz CT molecular complexity index is 1360. The molecule has 9 heteroatoms. The van der Waals surface area contributed by atoms with E-state index in [1.807, 2.05) is 24.3 Å². The van der Waals surface area contributed by atoms with Gasteiger partial charge in [-0.15, -0.1) is 0 Å². The van der Waals surface area contributed by atoms with Gasteiger partial charge >= 0.3 is 11.9 Å². The normalized spacial score (nSPS) is 16.3. The Morgan fingerprint density at radius 2 is 2.09 bits per heavy atom. The van der Waals surface area contributed by atoms with Crippen molar-refractivity contribution in [3.63, 3.8) is 0 Å². The van der Waals surface area contributed by atoms with E-state index >= 15 is 0 Å². The van der Waals surface area contributed by atoms with Gasteiger partial charge < -0.3 is 24.9 Å². The summed E-state index contributed by atoms with van der Waals surface area (Å²) >= 11 is 0. The van der Waals surface area contributed by atoms with Crippen LogP contribution in [0, 0.1) is 0 Å². The molecule has 2 aliphatic rings. The highest BCUT2D eigenvalue weighted by Gasteiger charge is 2.37. The van der Waals surface area contributed by atoms with Gasteiger partial charge in [0.05, 0.1) is 41.3 Å². The summed E-state index contributed by atoms with van der Waals surface area (Å²) < 4.78 is 11.5. The smallest absolute Gasteiger partial charge is 0.340 e. The molecule has 1 aromatic carbocycles. The number of aromatic nitrogens is 2. The number of hydrogen-bond donors (Lipinski definition) is 2. The summed E-state index contributed by atoms with van der Waals surface area (Å²) in [7, 11) is 0. The molecule has 9 nitrogen and oxygen atoms in total. The number of fused-ring (bicyclic) bond motifs is 5. The number of para-hydroxylation sites is 1. The van der Waals surface area contributed by atoms with E-state index in [0.29, 0.717) is 29.9 Å². The second-order valence-electron chi connectivity index (χ2n) is 7.80. The molecule has 164 valence electrons. The molecule has 0 saturated heterocycles. The van der Waals surface area contributed by atoms with Crippen LogP contribution in [0.25, 0.3) is 22.3 Å². The van der Waals surface area contributed by atoms with Crippen molar-refractivity contribution in [2.24, 2.45) is 0 Å². The summed E-state index contributed by atoms with van der Waals surface area (Å²) in [6, 6.07) is 7.53. The van der Waals surface area contributed by atoms with E-state index in [2.05, 4.69) is 0 Å². The van der Waals surface area contributed by atoms with Crippen molar-refractivity contribution in [1.29, 1.82) is 0 Å². The average molecular weight is 435 g/mol. The van der Waals surface area contributed by atoms with Gasteiger partial charge in [-0.25, -0.2) is 9.78 Å². The summed E-state index contributed by atoms with van der Waals surface area (Å²) in [5, 5.41) is 11.2. The largest absolute Gasteiger partial charge is 0.466 e. The number of aryl methyl sites for hydroxylation is 1. The third-order valence-corrected chi connectivity index (χ3v) is 6.04. The van der Waals surface area contributed by atoms with E-state index in [4.69, 9.17) is 20.2 Å². The molecule has 0 spiro atoms. The summed E-state index contributed by atoms with van der Waals surface area (Å²) in [5.74, 6) is -1.14. The summed E-state index contributed by atoms with van der Waals surface area (Å²) in [4.78, 5) is 41.9. The van der Waals surface area contributed by atoms with Crippen molar-refractivity contribution in [3.8, 4) is 11.4 Å². The molecule has 32 heavy (non-hydrogen) atoms. The van der Waals surface area contributed by atoms with E-state index in [1.165, 1.54) is 4.57 Å².